The Morgan fingerprint density at radius 1 is 1.39 bits per heavy atom. The van der Waals surface area contributed by atoms with Gasteiger partial charge in [0.15, 0.2) is 5.79 Å². The second kappa shape index (κ2) is 6.79. The third kappa shape index (κ3) is 3.70. The Kier molecular flexibility index (Phi) is 4.94. The van der Waals surface area contributed by atoms with E-state index in [4.69, 9.17) is 9.47 Å². The van der Waals surface area contributed by atoms with Crippen LogP contribution >= 0.6 is 0 Å². The van der Waals surface area contributed by atoms with Gasteiger partial charge in [-0.05, 0) is 18.8 Å². The Hall–Kier alpha value is -1.11. The minimum atomic E-state index is -0.288. The summed E-state index contributed by atoms with van der Waals surface area (Å²) in [5.41, 5.74) is 1.17. The summed E-state index contributed by atoms with van der Waals surface area (Å²) in [5, 5.41) is 3.48. The summed E-state index contributed by atoms with van der Waals surface area (Å²) in [6.07, 6.45) is 6.59. The maximum absolute atomic E-state index is 6.23. The van der Waals surface area contributed by atoms with Crippen molar-refractivity contribution in [2.45, 2.75) is 51.0 Å². The highest BCUT2D eigenvalue weighted by Crippen LogP contribution is 2.39. The summed E-state index contributed by atoms with van der Waals surface area (Å²) in [7, 11) is 6.06. The lowest BCUT2D eigenvalue weighted by Crippen LogP contribution is -2.37. The highest BCUT2D eigenvalue weighted by Gasteiger charge is 2.43. The topological polar surface area (TPSA) is 51.5 Å². The smallest absolute Gasteiger partial charge is 0.204 e. The molecule has 23 heavy (non-hydrogen) atoms. The van der Waals surface area contributed by atoms with Crippen LogP contribution in [0.1, 0.15) is 38.3 Å². The van der Waals surface area contributed by atoms with Crippen LogP contribution in [0.3, 0.4) is 0 Å². The van der Waals surface area contributed by atoms with Gasteiger partial charge in [-0.15, -0.1) is 0 Å². The van der Waals surface area contributed by atoms with E-state index in [0.29, 0.717) is 6.61 Å². The number of rotatable bonds is 5. The lowest BCUT2D eigenvalue weighted by atomic mass is 9.86. The van der Waals surface area contributed by atoms with Crippen molar-refractivity contribution in [3.8, 4) is 0 Å². The van der Waals surface area contributed by atoms with Crippen LogP contribution in [0, 0.1) is 5.92 Å². The molecule has 1 N–H and O–H groups in total. The van der Waals surface area contributed by atoms with Gasteiger partial charge in [0.1, 0.15) is 0 Å². The van der Waals surface area contributed by atoms with E-state index in [0.717, 1.165) is 37.8 Å². The molecule has 1 aromatic rings. The lowest BCUT2D eigenvalue weighted by Gasteiger charge is -2.34. The Labute approximate surface area is 139 Å². The molecule has 0 bridgehead atoms. The molecule has 2 heterocycles. The van der Waals surface area contributed by atoms with Crippen LogP contribution in [0.15, 0.2) is 6.20 Å². The first-order valence-electron chi connectivity index (χ1n) is 8.69. The van der Waals surface area contributed by atoms with Gasteiger partial charge in [-0.3, -0.25) is 0 Å². The number of ether oxygens (including phenoxy) is 2. The third-order valence-electron chi connectivity index (χ3n) is 5.09. The fraction of sp³-hybridized carbons (Fsp3) is 0.824. The molecule has 1 aliphatic heterocycles. The van der Waals surface area contributed by atoms with Crippen molar-refractivity contribution in [3.63, 3.8) is 0 Å². The molecule has 130 valence electrons. The minimum Gasteiger partial charge on any atom is -0.348 e. The highest BCUT2D eigenvalue weighted by atomic mass is 16.7. The van der Waals surface area contributed by atoms with Gasteiger partial charge >= 0.3 is 0 Å². The van der Waals surface area contributed by atoms with E-state index in [1.54, 1.807) is 0 Å². The highest BCUT2D eigenvalue weighted by molar-refractivity contribution is 5.30. The summed E-state index contributed by atoms with van der Waals surface area (Å²) in [4.78, 5) is 6.45. The predicted octanol–water partition coefficient (Wildman–Crippen LogP) is 1.90. The Bertz CT molecular complexity index is 521. The maximum Gasteiger partial charge on any atom is 0.204 e. The molecule has 3 rings (SSSR count). The number of hydrogen-bond donors (Lipinski definition) is 1. The number of imidazole rings is 1. The van der Waals surface area contributed by atoms with Crippen molar-refractivity contribution >= 4 is 5.95 Å². The number of nitrogens with one attached hydrogen (secondary N) is 1. The molecule has 0 radical (unpaired) electrons. The summed E-state index contributed by atoms with van der Waals surface area (Å²) in [6.45, 7) is 4.63. The molecule has 1 saturated heterocycles. The molecule has 2 aliphatic rings. The van der Waals surface area contributed by atoms with Crippen LogP contribution in [-0.4, -0.2) is 48.7 Å². The van der Waals surface area contributed by atoms with Crippen molar-refractivity contribution in [1.29, 1.82) is 0 Å². The molecule has 1 unspecified atom stereocenters. The molecule has 2 fully saturated rings. The monoisotopic (exact) mass is 322 g/mol. The Morgan fingerprint density at radius 2 is 2.13 bits per heavy atom. The molecule has 1 saturated carbocycles. The van der Waals surface area contributed by atoms with Crippen LogP contribution in [0.2, 0.25) is 0 Å². The summed E-state index contributed by atoms with van der Waals surface area (Å²) < 4.78 is 14.4. The van der Waals surface area contributed by atoms with Gasteiger partial charge in [0.25, 0.3) is 0 Å². The standard InChI is InChI=1S/C17H30N4O2/c1-13-5-7-17(8-6-13)22-12-15(23-17)11-18-9-14-10-19-16(20(2)3)21(14)4/h10,13,15,18H,5-9,11-12H2,1-4H3. The normalized spacial score (nSPS) is 31.0. The largest absolute Gasteiger partial charge is 0.348 e. The van der Waals surface area contributed by atoms with Crippen molar-refractivity contribution in [2.24, 2.45) is 13.0 Å². The molecule has 1 spiro atoms. The molecule has 1 atom stereocenters. The molecular weight excluding hydrogens is 292 g/mol. The zero-order valence-electron chi connectivity index (χ0n) is 14.8. The summed E-state index contributed by atoms with van der Waals surface area (Å²) in [6, 6.07) is 0. The number of nitrogens with zero attached hydrogens (tertiary/aromatic N) is 3. The molecule has 0 aromatic carbocycles. The number of aromatic nitrogens is 2. The van der Waals surface area contributed by atoms with Crippen LogP contribution in [0.5, 0.6) is 0 Å². The predicted molar refractivity (Wildman–Crippen MR) is 90.4 cm³/mol. The first-order valence-corrected chi connectivity index (χ1v) is 8.69. The second-order valence-corrected chi connectivity index (χ2v) is 7.28. The SMILES string of the molecule is CC1CCC2(CC1)OCC(CNCc1cnc(N(C)C)n1C)O2. The average Bonchev–Trinajstić information content (AvgIpc) is 3.08. The van der Waals surface area contributed by atoms with Crippen LogP contribution in [0.4, 0.5) is 5.95 Å². The van der Waals surface area contributed by atoms with Gasteiger partial charge in [-0.1, -0.05) is 6.92 Å². The summed E-state index contributed by atoms with van der Waals surface area (Å²) in [5.74, 6) is 1.49. The van der Waals surface area contributed by atoms with Crippen LogP contribution < -0.4 is 10.2 Å². The molecule has 0 amide bonds. The summed E-state index contributed by atoms with van der Waals surface area (Å²) >= 11 is 0. The van der Waals surface area contributed by atoms with Gasteiger partial charge in [-0.25, -0.2) is 4.98 Å². The Balaban J connectivity index is 1.45. The number of hydrogen-bond acceptors (Lipinski definition) is 5. The van der Waals surface area contributed by atoms with Gasteiger partial charge in [-0.2, -0.15) is 0 Å². The van der Waals surface area contributed by atoms with E-state index < -0.39 is 0 Å². The zero-order valence-corrected chi connectivity index (χ0v) is 14.8. The first-order chi connectivity index (χ1) is 11.0. The van der Waals surface area contributed by atoms with Crippen LogP contribution in [0.25, 0.3) is 0 Å². The van der Waals surface area contributed by atoms with Gasteiger partial charge in [0.2, 0.25) is 5.95 Å². The lowest BCUT2D eigenvalue weighted by molar-refractivity contribution is -0.191. The van der Waals surface area contributed by atoms with Gasteiger partial charge in [0, 0.05) is 47.1 Å². The van der Waals surface area contributed by atoms with Crippen molar-refractivity contribution in [3.05, 3.63) is 11.9 Å². The molecule has 1 aromatic heterocycles. The fourth-order valence-electron chi connectivity index (χ4n) is 3.56. The average molecular weight is 322 g/mol. The quantitative estimate of drug-likeness (QED) is 0.897. The third-order valence-corrected chi connectivity index (χ3v) is 5.09. The van der Waals surface area contributed by atoms with Crippen LogP contribution in [-0.2, 0) is 23.1 Å². The second-order valence-electron chi connectivity index (χ2n) is 7.28. The number of anilines is 1. The van der Waals surface area contributed by atoms with Crippen molar-refractivity contribution in [2.75, 3.05) is 32.1 Å². The Morgan fingerprint density at radius 3 is 2.78 bits per heavy atom. The van der Waals surface area contributed by atoms with E-state index in [1.807, 2.05) is 32.2 Å². The van der Waals surface area contributed by atoms with Gasteiger partial charge in [0.05, 0.1) is 24.6 Å². The van der Waals surface area contributed by atoms with Crippen molar-refractivity contribution < 1.29 is 9.47 Å². The maximum atomic E-state index is 6.23. The van der Waals surface area contributed by atoms with E-state index in [1.165, 1.54) is 18.5 Å². The van der Waals surface area contributed by atoms with E-state index in [-0.39, 0.29) is 11.9 Å². The van der Waals surface area contributed by atoms with E-state index in [9.17, 15) is 0 Å². The fourth-order valence-corrected chi connectivity index (χ4v) is 3.56. The molecule has 6 nitrogen and oxygen atoms in total. The van der Waals surface area contributed by atoms with Gasteiger partial charge < -0.3 is 24.3 Å². The molecular formula is C17H30N4O2. The zero-order chi connectivity index (χ0) is 16.4. The minimum absolute atomic E-state index is 0.157. The molecule has 1 aliphatic carbocycles. The van der Waals surface area contributed by atoms with E-state index >= 15 is 0 Å². The van der Waals surface area contributed by atoms with E-state index in [2.05, 4.69) is 21.8 Å². The van der Waals surface area contributed by atoms with Crippen molar-refractivity contribution in [1.82, 2.24) is 14.9 Å². The first kappa shape index (κ1) is 16.7. The molecule has 6 heteroatoms.